The van der Waals surface area contributed by atoms with Crippen LogP contribution in [0.2, 0.25) is 0 Å². The third-order valence-corrected chi connectivity index (χ3v) is 1.46. The maximum Gasteiger partial charge on any atom is 0.0718 e. The molecule has 0 amide bonds. The fraction of sp³-hybridized carbons (Fsp3) is 0.889. The molecule has 12 heavy (non-hydrogen) atoms. The van der Waals surface area contributed by atoms with E-state index in [1.165, 1.54) is 0 Å². The van der Waals surface area contributed by atoms with Crippen LogP contribution in [0.15, 0.2) is 0 Å². The first kappa shape index (κ1) is 11.4. The highest BCUT2D eigenvalue weighted by atomic mass is 16.3. The fourth-order valence-electron chi connectivity index (χ4n) is 1.23. The van der Waals surface area contributed by atoms with Crippen molar-refractivity contribution in [1.82, 2.24) is 4.90 Å². The maximum absolute atomic E-state index is 9.45. The minimum absolute atomic E-state index is 0.0253. The number of nitriles is 1. The first-order valence-electron chi connectivity index (χ1n) is 4.15. The van der Waals surface area contributed by atoms with E-state index in [1.807, 2.05) is 18.9 Å². The number of nitrogens with zero attached hydrogens (tertiary/aromatic N) is 2. The molecule has 70 valence electrons. The summed E-state index contributed by atoms with van der Waals surface area (Å²) >= 11 is 0. The molecular weight excluding hydrogens is 152 g/mol. The van der Waals surface area contributed by atoms with Gasteiger partial charge in [0.2, 0.25) is 0 Å². The summed E-state index contributed by atoms with van der Waals surface area (Å²) in [6, 6.07) is 2.16. The highest BCUT2D eigenvalue weighted by molar-refractivity contribution is 4.82. The third-order valence-electron chi connectivity index (χ3n) is 1.46. The van der Waals surface area contributed by atoms with Crippen LogP contribution in [-0.2, 0) is 0 Å². The zero-order valence-electron chi connectivity index (χ0n) is 8.33. The molecular formula is C9H18N2O. The zero-order valence-corrected chi connectivity index (χ0v) is 8.33. The van der Waals surface area contributed by atoms with Crippen molar-refractivity contribution in [3.63, 3.8) is 0 Å². The largest absolute Gasteiger partial charge is 0.389 e. The molecule has 0 bridgehead atoms. The minimum Gasteiger partial charge on any atom is -0.389 e. The van der Waals surface area contributed by atoms with Gasteiger partial charge >= 0.3 is 0 Å². The molecule has 0 aromatic carbocycles. The molecule has 0 fully saturated rings. The Morgan fingerprint density at radius 2 is 2.08 bits per heavy atom. The molecule has 0 saturated heterocycles. The normalized spacial score (nSPS) is 14.4. The molecule has 0 spiro atoms. The monoisotopic (exact) mass is 170 g/mol. The first-order chi connectivity index (χ1) is 5.35. The second kappa shape index (κ2) is 4.44. The summed E-state index contributed by atoms with van der Waals surface area (Å²) in [5.74, 6) is 0.0253. The fourth-order valence-corrected chi connectivity index (χ4v) is 1.23. The lowest BCUT2D eigenvalue weighted by atomic mass is 10.1. The topological polar surface area (TPSA) is 47.3 Å². The van der Waals surface area contributed by atoms with E-state index in [4.69, 9.17) is 5.26 Å². The van der Waals surface area contributed by atoms with Crippen LogP contribution in [0, 0.1) is 17.2 Å². The van der Waals surface area contributed by atoms with Gasteiger partial charge in [-0.1, -0.05) is 0 Å². The van der Waals surface area contributed by atoms with E-state index in [-0.39, 0.29) is 5.92 Å². The number of rotatable bonds is 4. The van der Waals surface area contributed by atoms with Crippen molar-refractivity contribution >= 4 is 0 Å². The van der Waals surface area contributed by atoms with Gasteiger partial charge in [-0.25, -0.2) is 0 Å². The number of likely N-dealkylation sites (N-methyl/N-ethyl adjacent to an activating group) is 1. The standard InChI is InChI=1S/C9H18N2O/c1-8(5-10)6-11(4)7-9(2,3)12/h8,12H,6-7H2,1-4H3. The van der Waals surface area contributed by atoms with Gasteiger partial charge in [0.25, 0.3) is 0 Å². The number of hydrogen-bond donors (Lipinski definition) is 1. The molecule has 0 radical (unpaired) electrons. The summed E-state index contributed by atoms with van der Waals surface area (Å²) in [5, 5.41) is 18.0. The quantitative estimate of drug-likeness (QED) is 0.680. The van der Waals surface area contributed by atoms with Crippen molar-refractivity contribution in [1.29, 1.82) is 5.26 Å². The van der Waals surface area contributed by atoms with Crippen LogP contribution in [-0.4, -0.2) is 35.7 Å². The zero-order chi connectivity index (χ0) is 9.78. The molecule has 0 aliphatic rings. The van der Waals surface area contributed by atoms with E-state index >= 15 is 0 Å². The van der Waals surface area contributed by atoms with Crippen molar-refractivity contribution in [2.75, 3.05) is 20.1 Å². The molecule has 0 aromatic heterocycles. The smallest absolute Gasteiger partial charge is 0.0718 e. The van der Waals surface area contributed by atoms with Crippen LogP contribution in [0.5, 0.6) is 0 Å². The van der Waals surface area contributed by atoms with Crippen LogP contribution >= 0.6 is 0 Å². The summed E-state index contributed by atoms with van der Waals surface area (Å²) in [4.78, 5) is 1.97. The van der Waals surface area contributed by atoms with Crippen LogP contribution in [0.1, 0.15) is 20.8 Å². The Balaban J connectivity index is 3.76. The molecule has 3 nitrogen and oxygen atoms in total. The van der Waals surface area contributed by atoms with Gasteiger partial charge in [0, 0.05) is 13.1 Å². The van der Waals surface area contributed by atoms with E-state index in [9.17, 15) is 5.11 Å². The average molecular weight is 170 g/mol. The predicted octanol–water partition coefficient (Wildman–Crippen LogP) is 0.849. The molecule has 0 heterocycles. The molecule has 0 saturated carbocycles. The Hall–Kier alpha value is -0.590. The van der Waals surface area contributed by atoms with Gasteiger partial charge in [-0.05, 0) is 27.8 Å². The SMILES string of the molecule is CC(C#N)CN(C)CC(C)(C)O. The Bertz CT molecular complexity index is 166. The van der Waals surface area contributed by atoms with Gasteiger partial charge in [0.15, 0.2) is 0 Å². The summed E-state index contributed by atoms with van der Waals surface area (Å²) in [6.45, 7) is 6.71. The van der Waals surface area contributed by atoms with Crippen molar-refractivity contribution in [2.24, 2.45) is 5.92 Å². The highest BCUT2D eigenvalue weighted by Gasteiger charge is 2.16. The van der Waals surface area contributed by atoms with Crippen LogP contribution in [0.3, 0.4) is 0 Å². The highest BCUT2D eigenvalue weighted by Crippen LogP contribution is 2.04. The van der Waals surface area contributed by atoms with Crippen molar-refractivity contribution in [2.45, 2.75) is 26.4 Å². The summed E-state index contributed by atoms with van der Waals surface area (Å²) in [6.07, 6.45) is 0. The molecule has 3 heteroatoms. The molecule has 1 N–H and O–H groups in total. The van der Waals surface area contributed by atoms with Crippen molar-refractivity contribution in [3.05, 3.63) is 0 Å². The summed E-state index contributed by atoms with van der Waals surface area (Å²) < 4.78 is 0. The molecule has 0 aliphatic carbocycles. The maximum atomic E-state index is 9.45. The van der Waals surface area contributed by atoms with Crippen LogP contribution in [0.4, 0.5) is 0 Å². The average Bonchev–Trinajstić information content (AvgIpc) is 1.82. The van der Waals surface area contributed by atoms with Crippen molar-refractivity contribution in [3.8, 4) is 6.07 Å². The molecule has 1 unspecified atom stereocenters. The summed E-state index contributed by atoms with van der Waals surface area (Å²) in [5.41, 5.74) is -0.677. The number of aliphatic hydroxyl groups is 1. The minimum atomic E-state index is -0.677. The first-order valence-corrected chi connectivity index (χ1v) is 4.15. The van der Waals surface area contributed by atoms with Gasteiger partial charge < -0.3 is 10.0 Å². The molecule has 0 aliphatic heterocycles. The van der Waals surface area contributed by atoms with Crippen LogP contribution < -0.4 is 0 Å². The second-order valence-electron chi connectivity index (χ2n) is 4.04. The predicted molar refractivity (Wildman–Crippen MR) is 48.6 cm³/mol. The van der Waals surface area contributed by atoms with Gasteiger partial charge in [-0.3, -0.25) is 0 Å². The van der Waals surface area contributed by atoms with E-state index in [1.54, 1.807) is 13.8 Å². The Kier molecular flexibility index (Phi) is 4.22. The Labute approximate surface area is 74.6 Å². The van der Waals surface area contributed by atoms with E-state index in [0.29, 0.717) is 13.1 Å². The molecule has 0 aromatic rings. The van der Waals surface area contributed by atoms with E-state index in [0.717, 1.165) is 0 Å². The lowest BCUT2D eigenvalue weighted by molar-refractivity contribution is 0.0427. The van der Waals surface area contributed by atoms with Crippen LogP contribution in [0.25, 0.3) is 0 Å². The van der Waals surface area contributed by atoms with Gasteiger partial charge in [-0.2, -0.15) is 5.26 Å². The lowest BCUT2D eigenvalue weighted by Crippen LogP contribution is -2.38. The van der Waals surface area contributed by atoms with Gasteiger partial charge in [-0.15, -0.1) is 0 Å². The lowest BCUT2D eigenvalue weighted by Gasteiger charge is -2.25. The second-order valence-corrected chi connectivity index (χ2v) is 4.04. The van der Waals surface area contributed by atoms with Gasteiger partial charge in [0.1, 0.15) is 0 Å². The molecule has 1 atom stereocenters. The summed E-state index contributed by atoms with van der Waals surface area (Å²) in [7, 11) is 1.91. The third kappa shape index (κ3) is 6.14. The van der Waals surface area contributed by atoms with E-state index in [2.05, 4.69) is 6.07 Å². The Morgan fingerprint density at radius 1 is 1.58 bits per heavy atom. The van der Waals surface area contributed by atoms with E-state index < -0.39 is 5.60 Å². The molecule has 0 rings (SSSR count). The number of hydrogen-bond acceptors (Lipinski definition) is 3. The van der Waals surface area contributed by atoms with Gasteiger partial charge in [0.05, 0.1) is 17.6 Å². The van der Waals surface area contributed by atoms with Crippen molar-refractivity contribution < 1.29 is 5.11 Å². The Morgan fingerprint density at radius 3 is 2.42 bits per heavy atom.